The monoisotopic (exact) mass is 368 g/mol. The summed E-state index contributed by atoms with van der Waals surface area (Å²) in [6.45, 7) is 2.11. The normalized spacial score (nSPS) is 11.4. The molecule has 0 saturated heterocycles. The van der Waals surface area contributed by atoms with E-state index in [2.05, 4.69) is 48.0 Å². The molecule has 0 N–H and O–H groups in total. The molecule has 0 radical (unpaired) electrons. The van der Waals surface area contributed by atoms with Gasteiger partial charge in [-0.3, -0.25) is 0 Å². The lowest BCUT2D eigenvalue weighted by Gasteiger charge is -2.07. The zero-order valence-electron chi connectivity index (χ0n) is 15.7. The Hall–Kier alpha value is -3.46. The Labute approximate surface area is 162 Å². The van der Waals surface area contributed by atoms with Gasteiger partial charge in [0.1, 0.15) is 24.0 Å². The minimum absolute atomic E-state index is 0.225. The van der Waals surface area contributed by atoms with E-state index in [9.17, 15) is 4.39 Å². The molecule has 0 atom stereocenters. The van der Waals surface area contributed by atoms with Crippen LogP contribution in [0.2, 0.25) is 0 Å². The number of nitrogens with zero attached hydrogens (tertiary/aromatic N) is 1. The van der Waals surface area contributed by atoms with Crippen LogP contribution in [0.5, 0.6) is 0 Å². The van der Waals surface area contributed by atoms with E-state index in [-0.39, 0.29) is 5.82 Å². The molecule has 0 aliphatic carbocycles. The van der Waals surface area contributed by atoms with Crippen LogP contribution in [0.15, 0.2) is 83.4 Å². The van der Waals surface area contributed by atoms with Gasteiger partial charge in [0, 0.05) is 22.4 Å². The SMILES string of the molecule is Cc1ccc2c(oc3ccccc32)c1-c1ccc(-c2ccc(F)cc2)c[n+]1C. The molecule has 5 rings (SSSR count). The van der Waals surface area contributed by atoms with Crippen LogP contribution in [0.3, 0.4) is 0 Å². The standard InChI is InChI=1S/C25H19FNO/c1-16-7-13-21-20-5-3-4-6-23(20)28-25(21)24(16)22-14-10-18(15-27(22)2)17-8-11-19(26)12-9-17/h3-15H,1-2H3/q+1. The second-order valence-corrected chi connectivity index (χ2v) is 7.15. The molecule has 0 bridgehead atoms. The van der Waals surface area contributed by atoms with Crippen molar-refractivity contribution in [2.45, 2.75) is 6.92 Å². The summed E-state index contributed by atoms with van der Waals surface area (Å²) < 4.78 is 21.6. The van der Waals surface area contributed by atoms with Gasteiger partial charge in [-0.05, 0) is 42.3 Å². The van der Waals surface area contributed by atoms with Crippen LogP contribution in [-0.2, 0) is 7.05 Å². The van der Waals surface area contributed by atoms with E-state index in [1.165, 1.54) is 12.1 Å². The van der Waals surface area contributed by atoms with Gasteiger partial charge in [0.25, 0.3) is 0 Å². The number of aryl methyl sites for hydroxylation is 2. The van der Waals surface area contributed by atoms with Gasteiger partial charge < -0.3 is 4.42 Å². The molecule has 2 aromatic heterocycles. The summed E-state index contributed by atoms with van der Waals surface area (Å²) in [5, 5.41) is 2.25. The second-order valence-electron chi connectivity index (χ2n) is 7.15. The number of furan rings is 1. The summed E-state index contributed by atoms with van der Waals surface area (Å²) in [5.41, 5.74) is 7.18. The van der Waals surface area contributed by atoms with E-state index in [1.54, 1.807) is 12.1 Å². The Morgan fingerprint density at radius 2 is 1.54 bits per heavy atom. The third kappa shape index (κ3) is 2.59. The highest BCUT2D eigenvalue weighted by atomic mass is 19.1. The molecule has 0 unspecified atom stereocenters. The first-order valence-electron chi connectivity index (χ1n) is 9.29. The molecule has 0 fully saturated rings. The average Bonchev–Trinajstić information content (AvgIpc) is 3.07. The third-order valence-electron chi connectivity index (χ3n) is 5.32. The number of hydrogen-bond donors (Lipinski definition) is 0. The highest BCUT2D eigenvalue weighted by Crippen LogP contribution is 2.37. The number of pyridine rings is 1. The molecular weight excluding hydrogens is 349 g/mol. The second kappa shape index (κ2) is 6.31. The van der Waals surface area contributed by atoms with Crippen LogP contribution in [0.4, 0.5) is 4.39 Å². The molecule has 3 aromatic carbocycles. The number of aromatic nitrogens is 1. The number of benzene rings is 3. The van der Waals surface area contributed by atoms with E-state index in [0.29, 0.717) is 0 Å². The summed E-state index contributed by atoms with van der Waals surface area (Å²) in [7, 11) is 2.03. The lowest BCUT2D eigenvalue weighted by atomic mass is 9.99. The lowest BCUT2D eigenvalue weighted by molar-refractivity contribution is -0.659. The smallest absolute Gasteiger partial charge is 0.216 e. The van der Waals surface area contributed by atoms with Crippen molar-refractivity contribution in [2.24, 2.45) is 7.05 Å². The predicted molar refractivity (Wildman–Crippen MR) is 110 cm³/mol. The third-order valence-corrected chi connectivity index (χ3v) is 5.32. The summed E-state index contributed by atoms with van der Waals surface area (Å²) in [6.07, 6.45) is 2.07. The van der Waals surface area contributed by atoms with Crippen molar-refractivity contribution in [3.05, 3.63) is 90.4 Å². The molecule has 3 heteroatoms. The van der Waals surface area contributed by atoms with Gasteiger partial charge in [-0.25, -0.2) is 8.96 Å². The van der Waals surface area contributed by atoms with Crippen molar-refractivity contribution in [1.82, 2.24) is 0 Å². The van der Waals surface area contributed by atoms with E-state index in [0.717, 1.165) is 49.9 Å². The van der Waals surface area contributed by atoms with Gasteiger partial charge in [0.05, 0.1) is 5.56 Å². The Kier molecular flexibility index (Phi) is 3.76. The molecule has 28 heavy (non-hydrogen) atoms. The Balaban J connectivity index is 1.71. The van der Waals surface area contributed by atoms with Crippen molar-refractivity contribution < 1.29 is 13.4 Å². The Morgan fingerprint density at radius 1 is 0.786 bits per heavy atom. The molecule has 0 aliphatic heterocycles. The van der Waals surface area contributed by atoms with Crippen molar-refractivity contribution in [1.29, 1.82) is 0 Å². The maximum absolute atomic E-state index is 13.2. The molecule has 0 aliphatic rings. The van der Waals surface area contributed by atoms with E-state index in [1.807, 2.05) is 25.2 Å². The fourth-order valence-corrected chi connectivity index (χ4v) is 3.89. The van der Waals surface area contributed by atoms with E-state index >= 15 is 0 Å². The zero-order valence-corrected chi connectivity index (χ0v) is 15.7. The first-order valence-corrected chi connectivity index (χ1v) is 9.29. The average molecular weight is 368 g/mol. The number of hydrogen-bond acceptors (Lipinski definition) is 1. The zero-order chi connectivity index (χ0) is 19.3. The quantitative estimate of drug-likeness (QED) is 0.339. The number of fused-ring (bicyclic) bond motifs is 3. The van der Waals surface area contributed by atoms with E-state index in [4.69, 9.17) is 4.42 Å². The van der Waals surface area contributed by atoms with Crippen LogP contribution in [0.25, 0.3) is 44.3 Å². The predicted octanol–water partition coefficient (Wildman–Crippen LogP) is 6.19. The van der Waals surface area contributed by atoms with Crippen LogP contribution in [0.1, 0.15) is 5.56 Å². The van der Waals surface area contributed by atoms with Crippen LogP contribution in [0, 0.1) is 12.7 Å². The topological polar surface area (TPSA) is 17.0 Å². The summed E-state index contributed by atoms with van der Waals surface area (Å²) in [5.74, 6) is -0.225. The summed E-state index contributed by atoms with van der Waals surface area (Å²) in [4.78, 5) is 0. The number of rotatable bonds is 2. The van der Waals surface area contributed by atoms with Crippen molar-refractivity contribution in [3.8, 4) is 22.4 Å². The van der Waals surface area contributed by atoms with Crippen LogP contribution in [-0.4, -0.2) is 0 Å². The lowest BCUT2D eigenvalue weighted by Crippen LogP contribution is -2.31. The van der Waals surface area contributed by atoms with Gasteiger partial charge >= 0.3 is 0 Å². The molecule has 0 spiro atoms. The van der Waals surface area contributed by atoms with Crippen LogP contribution >= 0.6 is 0 Å². The van der Waals surface area contributed by atoms with Gasteiger partial charge in [-0.2, -0.15) is 0 Å². The van der Waals surface area contributed by atoms with Crippen molar-refractivity contribution in [2.75, 3.05) is 0 Å². The Bertz CT molecular complexity index is 1330. The minimum atomic E-state index is -0.225. The Morgan fingerprint density at radius 3 is 2.32 bits per heavy atom. The van der Waals surface area contributed by atoms with Crippen LogP contribution < -0.4 is 4.57 Å². The fraction of sp³-hybridized carbons (Fsp3) is 0.0800. The van der Waals surface area contributed by atoms with Crippen molar-refractivity contribution >= 4 is 21.9 Å². The minimum Gasteiger partial charge on any atom is -0.455 e. The first kappa shape index (κ1) is 16.7. The molecule has 2 heterocycles. The highest BCUT2D eigenvalue weighted by Gasteiger charge is 2.20. The van der Waals surface area contributed by atoms with E-state index < -0.39 is 0 Å². The molecule has 5 aromatic rings. The number of para-hydroxylation sites is 1. The maximum atomic E-state index is 13.2. The van der Waals surface area contributed by atoms with Gasteiger partial charge in [0.2, 0.25) is 5.69 Å². The molecular formula is C25H19FNO+. The molecule has 0 amide bonds. The van der Waals surface area contributed by atoms with Gasteiger partial charge in [-0.1, -0.05) is 42.5 Å². The summed E-state index contributed by atoms with van der Waals surface area (Å²) in [6, 6.07) is 23.2. The summed E-state index contributed by atoms with van der Waals surface area (Å²) >= 11 is 0. The van der Waals surface area contributed by atoms with Gasteiger partial charge in [0.15, 0.2) is 6.20 Å². The molecule has 0 saturated carbocycles. The molecule has 2 nitrogen and oxygen atoms in total. The fourth-order valence-electron chi connectivity index (χ4n) is 3.89. The largest absolute Gasteiger partial charge is 0.455 e. The number of halogens is 1. The van der Waals surface area contributed by atoms with Crippen molar-refractivity contribution in [3.63, 3.8) is 0 Å². The maximum Gasteiger partial charge on any atom is 0.216 e. The first-order chi connectivity index (χ1) is 13.6. The van der Waals surface area contributed by atoms with Gasteiger partial charge in [-0.15, -0.1) is 0 Å². The highest BCUT2D eigenvalue weighted by molar-refractivity contribution is 6.09. The molecule has 136 valence electrons.